The molecule has 0 aromatic heterocycles. The van der Waals surface area contributed by atoms with E-state index in [2.05, 4.69) is 6.92 Å². The van der Waals surface area contributed by atoms with Crippen LogP contribution in [0.2, 0.25) is 0 Å². The summed E-state index contributed by atoms with van der Waals surface area (Å²) < 4.78 is 4.69. The highest BCUT2D eigenvalue weighted by molar-refractivity contribution is 6.11. The molecule has 15 heavy (non-hydrogen) atoms. The molecule has 3 heteroatoms. The second-order valence-electron chi connectivity index (χ2n) is 4.07. The van der Waals surface area contributed by atoms with Crippen LogP contribution in [0, 0.1) is 11.8 Å². The fourth-order valence-corrected chi connectivity index (χ4v) is 2.23. The van der Waals surface area contributed by atoms with Crippen molar-refractivity contribution in [3.63, 3.8) is 0 Å². The van der Waals surface area contributed by atoms with E-state index in [-0.39, 0.29) is 11.7 Å². The standard InChI is InChI=1S/C12H18O3/c1-5-6-9-7(2)8(3)11(13)10(9)12(14)15-4/h9-10H,5-6H2,1-4H3/t9-,10+/m0/s1. The average molecular weight is 210 g/mol. The van der Waals surface area contributed by atoms with Gasteiger partial charge in [-0.2, -0.15) is 0 Å². The zero-order valence-electron chi connectivity index (χ0n) is 9.79. The minimum absolute atomic E-state index is 0.0509. The minimum Gasteiger partial charge on any atom is -0.468 e. The van der Waals surface area contributed by atoms with Crippen LogP contribution in [0.1, 0.15) is 33.6 Å². The molecule has 0 saturated carbocycles. The molecule has 0 aliphatic heterocycles. The van der Waals surface area contributed by atoms with Crippen molar-refractivity contribution in [3.8, 4) is 0 Å². The summed E-state index contributed by atoms with van der Waals surface area (Å²) in [7, 11) is 1.33. The Hall–Kier alpha value is -1.12. The monoisotopic (exact) mass is 210 g/mol. The Morgan fingerprint density at radius 3 is 2.47 bits per heavy atom. The summed E-state index contributed by atoms with van der Waals surface area (Å²) in [6, 6.07) is 0. The number of rotatable bonds is 3. The highest BCUT2D eigenvalue weighted by Crippen LogP contribution is 2.37. The van der Waals surface area contributed by atoms with Gasteiger partial charge in [0.2, 0.25) is 0 Å². The SMILES string of the molecule is CCC[C@H]1C(C)=C(C)C(=O)[C@@H]1C(=O)OC. The summed E-state index contributed by atoms with van der Waals surface area (Å²) in [4.78, 5) is 23.4. The number of ketones is 1. The van der Waals surface area contributed by atoms with E-state index in [0.29, 0.717) is 0 Å². The maximum Gasteiger partial charge on any atom is 0.317 e. The summed E-state index contributed by atoms with van der Waals surface area (Å²) in [5.74, 6) is -0.989. The number of esters is 1. The summed E-state index contributed by atoms with van der Waals surface area (Å²) in [5, 5.41) is 0. The molecule has 0 spiro atoms. The van der Waals surface area contributed by atoms with Crippen LogP contribution in [0.4, 0.5) is 0 Å². The summed E-state index contributed by atoms with van der Waals surface area (Å²) in [5.41, 5.74) is 1.79. The van der Waals surface area contributed by atoms with Gasteiger partial charge in [-0.3, -0.25) is 9.59 Å². The largest absolute Gasteiger partial charge is 0.468 e. The van der Waals surface area contributed by atoms with Gasteiger partial charge in [0.15, 0.2) is 5.78 Å². The van der Waals surface area contributed by atoms with Gasteiger partial charge >= 0.3 is 5.97 Å². The van der Waals surface area contributed by atoms with Gasteiger partial charge in [-0.15, -0.1) is 0 Å². The van der Waals surface area contributed by atoms with Crippen molar-refractivity contribution in [2.24, 2.45) is 11.8 Å². The lowest BCUT2D eigenvalue weighted by molar-refractivity contribution is -0.149. The zero-order chi connectivity index (χ0) is 11.6. The first-order valence-corrected chi connectivity index (χ1v) is 5.34. The smallest absolute Gasteiger partial charge is 0.317 e. The molecule has 0 radical (unpaired) electrons. The number of hydrogen-bond acceptors (Lipinski definition) is 3. The molecule has 1 rings (SSSR count). The highest BCUT2D eigenvalue weighted by atomic mass is 16.5. The molecule has 0 aromatic carbocycles. The van der Waals surface area contributed by atoms with E-state index < -0.39 is 11.9 Å². The molecule has 0 bridgehead atoms. The van der Waals surface area contributed by atoms with Crippen molar-refractivity contribution in [2.75, 3.05) is 7.11 Å². The Balaban J connectivity index is 2.98. The van der Waals surface area contributed by atoms with Crippen molar-refractivity contribution < 1.29 is 14.3 Å². The second kappa shape index (κ2) is 4.60. The number of carbonyl (C=O) groups excluding carboxylic acids is 2. The van der Waals surface area contributed by atoms with Crippen LogP contribution < -0.4 is 0 Å². The van der Waals surface area contributed by atoms with Crippen LogP contribution >= 0.6 is 0 Å². The van der Waals surface area contributed by atoms with Gasteiger partial charge in [-0.25, -0.2) is 0 Å². The molecule has 0 fully saturated rings. The molecular weight excluding hydrogens is 192 g/mol. The molecule has 84 valence electrons. The number of hydrogen-bond donors (Lipinski definition) is 0. The third-order valence-electron chi connectivity index (χ3n) is 3.26. The number of allylic oxidation sites excluding steroid dienone is 2. The summed E-state index contributed by atoms with van der Waals surface area (Å²) >= 11 is 0. The number of Topliss-reactive ketones (excluding diaryl/α,β-unsaturated/α-hetero) is 1. The van der Waals surface area contributed by atoms with Crippen LogP contribution in [0.5, 0.6) is 0 Å². The van der Waals surface area contributed by atoms with Gasteiger partial charge in [0, 0.05) is 5.92 Å². The lowest BCUT2D eigenvalue weighted by atomic mass is 9.87. The van der Waals surface area contributed by atoms with Crippen LogP contribution in [-0.4, -0.2) is 18.9 Å². The number of methoxy groups -OCH3 is 1. The molecule has 1 aliphatic carbocycles. The van der Waals surface area contributed by atoms with Gasteiger partial charge < -0.3 is 4.74 Å². The fraction of sp³-hybridized carbons (Fsp3) is 0.667. The molecule has 0 aromatic rings. The third kappa shape index (κ3) is 1.96. The van der Waals surface area contributed by atoms with Gasteiger partial charge in [0.1, 0.15) is 5.92 Å². The van der Waals surface area contributed by atoms with Crippen LogP contribution in [0.3, 0.4) is 0 Å². The molecule has 0 saturated heterocycles. The predicted octanol–water partition coefficient (Wildman–Crippen LogP) is 2.11. The maximum atomic E-state index is 11.8. The highest BCUT2D eigenvalue weighted by Gasteiger charge is 2.42. The van der Waals surface area contributed by atoms with Crippen molar-refractivity contribution in [3.05, 3.63) is 11.1 Å². The average Bonchev–Trinajstić information content (AvgIpc) is 2.44. The normalized spacial score (nSPS) is 26.0. The number of carbonyl (C=O) groups is 2. The van der Waals surface area contributed by atoms with Crippen LogP contribution in [-0.2, 0) is 14.3 Å². The van der Waals surface area contributed by atoms with E-state index in [1.807, 2.05) is 6.92 Å². The number of ether oxygens (including phenoxy) is 1. The van der Waals surface area contributed by atoms with Crippen molar-refractivity contribution in [2.45, 2.75) is 33.6 Å². The molecule has 1 aliphatic rings. The van der Waals surface area contributed by atoms with Gasteiger partial charge in [0.05, 0.1) is 7.11 Å². The molecular formula is C12H18O3. The lowest BCUT2D eigenvalue weighted by Gasteiger charge is -2.17. The Morgan fingerprint density at radius 1 is 1.40 bits per heavy atom. The van der Waals surface area contributed by atoms with Crippen LogP contribution in [0.25, 0.3) is 0 Å². The minimum atomic E-state index is -0.588. The van der Waals surface area contributed by atoms with E-state index in [4.69, 9.17) is 4.74 Å². The first kappa shape index (κ1) is 12.0. The predicted molar refractivity (Wildman–Crippen MR) is 57.3 cm³/mol. The van der Waals surface area contributed by atoms with Gasteiger partial charge in [-0.1, -0.05) is 18.9 Å². The van der Waals surface area contributed by atoms with E-state index in [1.54, 1.807) is 6.92 Å². The Labute approximate surface area is 90.5 Å². The Bertz CT molecular complexity index is 315. The van der Waals surface area contributed by atoms with Gasteiger partial charge in [0.25, 0.3) is 0 Å². The lowest BCUT2D eigenvalue weighted by Crippen LogP contribution is -2.28. The van der Waals surface area contributed by atoms with E-state index in [9.17, 15) is 9.59 Å². The molecule has 3 nitrogen and oxygen atoms in total. The Morgan fingerprint density at radius 2 is 2.00 bits per heavy atom. The first-order chi connectivity index (χ1) is 7.04. The van der Waals surface area contributed by atoms with Crippen LogP contribution in [0.15, 0.2) is 11.1 Å². The van der Waals surface area contributed by atoms with E-state index >= 15 is 0 Å². The topological polar surface area (TPSA) is 43.4 Å². The van der Waals surface area contributed by atoms with E-state index in [1.165, 1.54) is 7.11 Å². The van der Waals surface area contributed by atoms with Crippen molar-refractivity contribution in [1.82, 2.24) is 0 Å². The molecule has 0 unspecified atom stereocenters. The Kier molecular flexibility index (Phi) is 3.66. The zero-order valence-corrected chi connectivity index (χ0v) is 9.79. The van der Waals surface area contributed by atoms with Gasteiger partial charge in [-0.05, 0) is 25.8 Å². The first-order valence-electron chi connectivity index (χ1n) is 5.34. The van der Waals surface area contributed by atoms with Crippen molar-refractivity contribution >= 4 is 11.8 Å². The maximum absolute atomic E-state index is 11.8. The summed E-state index contributed by atoms with van der Waals surface area (Å²) in [6.07, 6.45) is 1.84. The second-order valence-corrected chi connectivity index (χ2v) is 4.07. The van der Waals surface area contributed by atoms with Crippen molar-refractivity contribution in [1.29, 1.82) is 0 Å². The summed E-state index contributed by atoms with van der Waals surface area (Å²) in [6.45, 7) is 5.79. The third-order valence-corrected chi connectivity index (χ3v) is 3.26. The molecule has 0 amide bonds. The molecule has 2 atom stereocenters. The fourth-order valence-electron chi connectivity index (χ4n) is 2.23. The molecule has 0 heterocycles. The van der Waals surface area contributed by atoms with E-state index in [0.717, 1.165) is 24.0 Å². The molecule has 0 N–H and O–H groups in total. The quantitative estimate of drug-likeness (QED) is 0.529.